The van der Waals surface area contributed by atoms with E-state index in [2.05, 4.69) is 21.2 Å². The molecule has 1 aliphatic heterocycles. The Kier molecular flexibility index (Phi) is 6.63. The molecule has 1 saturated heterocycles. The van der Waals surface area contributed by atoms with Gasteiger partial charge in [0.25, 0.3) is 5.91 Å². The van der Waals surface area contributed by atoms with E-state index in [1.807, 2.05) is 73.7 Å². The van der Waals surface area contributed by atoms with Gasteiger partial charge in [0.05, 0.1) is 23.6 Å². The molecule has 3 aromatic rings. The highest BCUT2D eigenvalue weighted by Gasteiger charge is 2.35. The number of rotatable bonds is 6. The largest absolute Gasteiger partial charge is 0.492 e. The number of nitrogens with zero attached hydrogens (tertiary/aromatic N) is 1. The fourth-order valence-corrected chi connectivity index (χ4v) is 5.07. The number of para-hydroxylation sites is 2. The fourth-order valence-electron chi connectivity index (χ4n) is 3.44. The van der Waals surface area contributed by atoms with Crippen LogP contribution in [0.3, 0.4) is 0 Å². The van der Waals surface area contributed by atoms with Crippen LogP contribution in [0, 0.1) is 0 Å². The number of hydrogen-bond donors (Lipinski definition) is 1. The molecule has 1 heterocycles. The summed E-state index contributed by atoms with van der Waals surface area (Å²) in [6.07, 6.45) is 0. The molecule has 1 unspecified atom stereocenters. The highest BCUT2D eigenvalue weighted by atomic mass is 79.9. The first-order valence-corrected chi connectivity index (χ1v) is 11.7. The van der Waals surface area contributed by atoms with Crippen LogP contribution in [0.4, 0.5) is 11.4 Å². The highest BCUT2D eigenvalue weighted by molar-refractivity contribution is 9.10. The van der Waals surface area contributed by atoms with E-state index in [-0.39, 0.29) is 17.2 Å². The molecular weight excluding hydrogens is 476 g/mol. The number of anilines is 2. The summed E-state index contributed by atoms with van der Waals surface area (Å²) < 4.78 is 6.49. The van der Waals surface area contributed by atoms with Gasteiger partial charge < -0.3 is 10.1 Å². The second kappa shape index (κ2) is 9.58. The Labute approximate surface area is 193 Å². The Morgan fingerprint density at radius 3 is 2.55 bits per heavy atom. The van der Waals surface area contributed by atoms with E-state index in [4.69, 9.17) is 4.74 Å². The standard InChI is InChI=1S/C24H21BrN2O3S/c1-2-30-21-10-6-5-9-20(21)27-22(28)15-31-24(27)16-11-13-17(14-12-16)26-23(29)18-7-3-4-8-19(18)25/h3-14,24H,2,15H2,1H3,(H,26,29). The summed E-state index contributed by atoms with van der Waals surface area (Å²) in [6.45, 7) is 2.46. The summed E-state index contributed by atoms with van der Waals surface area (Å²) in [7, 11) is 0. The van der Waals surface area contributed by atoms with E-state index in [1.165, 1.54) is 0 Å². The monoisotopic (exact) mass is 496 g/mol. The number of thioether (sulfide) groups is 1. The van der Waals surface area contributed by atoms with Gasteiger partial charge in [-0.15, -0.1) is 11.8 Å². The molecule has 7 heteroatoms. The van der Waals surface area contributed by atoms with Gasteiger partial charge in [-0.2, -0.15) is 0 Å². The third kappa shape index (κ3) is 4.62. The van der Waals surface area contributed by atoms with Gasteiger partial charge >= 0.3 is 0 Å². The second-order valence-electron chi connectivity index (χ2n) is 6.88. The second-order valence-corrected chi connectivity index (χ2v) is 8.81. The van der Waals surface area contributed by atoms with Gasteiger partial charge in [0.1, 0.15) is 11.1 Å². The Morgan fingerprint density at radius 1 is 1.10 bits per heavy atom. The SMILES string of the molecule is CCOc1ccccc1N1C(=O)CSC1c1ccc(NC(=O)c2ccccc2Br)cc1. The molecule has 1 fully saturated rings. The van der Waals surface area contributed by atoms with Crippen molar-refractivity contribution in [3.63, 3.8) is 0 Å². The highest BCUT2D eigenvalue weighted by Crippen LogP contribution is 2.44. The predicted octanol–water partition coefficient (Wildman–Crippen LogP) is 5.88. The molecule has 4 rings (SSSR count). The molecule has 1 N–H and O–H groups in total. The number of ether oxygens (including phenoxy) is 1. The molecule has 158 valence electrons. The van der Waals surface area contributed by atoms with Crippen molar-refractivity contribution >= 4 is 50.9 Å². The Bertz CT molecular complexity index is 1100. The molecule has 1 atom stereocenters. The number of carbonyl (C=O) groups is 2. The zero-order valence-electron chi connectivity index (χ0n) is 16.9. The van der Waals surface area contributed by atoms with Crippen LogP contribution in [0.15, 0.2) is 77.3 Å². The lowest BCUT2D eigenvalue weighted by atomic mass is 10.1. The molecule has 31 heavy (non-hydrogen) atoms. The molecule has 2 amide bonds. The minimum atomic E-state index is -0.182. The first-order chi connectivity index (χ1) is 15.1. The van der Waals surface area contributed by atoms with Crippen LogP contribution in [-0.4, -0.2) is 24.2 Å². The molecule has 3 aromatic carbocycles. The maximum absolute atomic E-state index is 12.7. The topological polar surface area (TPSA) is 58.6 Å². The Morgan fingerprint density at radius 2 is 1.81 bits per heavy atom. The predicted molar refractivity (Wildman–Crippen MR) is 129 cm³/mol. The van der Waals surface area contributed by atoms with Gasteiger partial charge in [0, 0.05) is 10.2 Å². The lowest BCUT2D eigenvalue weighted by molar-refractivity contribution is -0.115. The lowest BCUT2D eigenvalue weighted by Gasteiger charge is -2.26. The molecule has 0 aromatic heterocycles. The Hall–Kier alpha value is -2.77. The summed E-state index contributed by atoms with van der Waals surface area (Å²) in [5.74, 6) is 0.973. The normalized spacial score (nSPS) is 15.7. The fraction of sp³-hybridized carbons (Fsp3) is 0.167. The maximum Gasteiger partial charge on any atom is 0.256 e. The molecule has 0 aliphatic carbocycles. The van der Waals surface area contributed by atoms with E-state index < -0.39 is 0 Å². The third-order valence-corrected chi connectivity index (χ3v) is 6.77. The van der Waals surface area contributed by atoms with E-state index in [9.17, 15) is 9.59 Å². The van der Waals surface area contributed by atoms with Crippen LogP contribution in [-0.2, 0) is 4.79 Å². The molecule has 0 radical (unpaired) electrons. The third-order valence-electron chi connectivity index (χ3n) is 4.86. The van der Waals surface area contributed by atoms with Crippen LogP contribution < -0.4 is 15.0 Å². The first kappa shape index (κ1) is 21.5. The van der Waals surface area contributed by atoms with Crippen molar-refractivity contribution in [3.8, 4) is 5.75 Å². The summed E-state index contributed by atoms with van der Waals surface area (Å²) >= 11 is 4.99. The molecule has 5 nitrogen and oxygen atoms in total. The van der Waals surface area contributed by atoms with Crippen molar-refractivity contribution in [2.45, 2.75) is 12.3 Å². The van der Waals surface area contributed by atoms with E-state index in [0.29, 0.717) is 29.4 Å². The van der Waals surface area contributed by atoms with E-state index >= 15 is 0 Å². The maximum atomic E-state index is 12.7. The first-order valence-electron chi connectivity index (χ1n) is 9.90. The van der Waals surface area contributed by atoms with Crippen molar-refractivity contribution in [2.75, 3.05) is 22.6 Å². The number of hydrogen-bond acceptors (Lipinski definition) is 4. The molecule has 1 aliphatic rings. The quantitative estimate of drug-likeness (QED) is 0.462. The zero-order chi connectivity index (χ0) is 21.8. The lowest BCUT2D eigenvalue weighted by Crippen LogP contribution is -2.28. The van der Waals surface area contributed by atoms with E-state index in [0.717, 1.165) is 15.7 Å². The van der Waals surface area contributed by atoms with Crippen molar-refractivity contribution in [3.05, 3.63) is 88.4 Å². The van der Waals surface area contributed by atoms with Crippen LogP contribution in [0.2, 0.25) is 0 Å². The average Bonchev–Trinajstić information content (AvgIpc) is 3.16. The van der Waals surface area contributed by atoms with Crippen LogP contribution >= 0.6 is 27.7 Å². The number of halogens is 1. The van der Waals surface area contributed by atoms with Crippen LogP contribution in [0.25, 0.3) is 0 Å². The number of amides is 2. The minimum Gasteiger partial charge on any atom is -0.492 e. The van der Waals surface area contributed by atoms with Crippen molar-refractivity contribution in [1.82, 2.24) is 0 Å². The number of nitrogens with one attached hydrogen (secondary N) is 1. The van der Waals surface area contributed by atoms with Gasteiger partial charge in [-0.25, -0.2) is 0 Å². The molecular formula is C24H21BrN2O3S. The van der Waals surface area contributed by atoms with Gasteiger partial charge in [0.15, 0.2) is 0 Å². The van der Waals surface area contributed by atoms with Crippen LogP contribution in [0.5, 0.6) is 5.75 Å². The summed E-state index contributed by atoms with van der Waals surface area (Å²) in [6, 6.07) is 22.5. The minimum absolute atomic E-state index is 0.0495. The van der Waals surface area contributed by atoms with Crippen molar-refractivity contribution < 1.29 is 14.3 Å². The Balaban J connectivity index is 1.55. The summed E-state index contributed by atoms with van der Waals surface area (Å²) in [5, 5.41) is 2.77. The van der Waals surface area contributed by atoms with Crippen molar-refractivity contribution in [1.29, 1.82) is 0 Å². The van der Waals surface area contributed by atoms with Gasteiger partial charge in [-0.3, -0.25) is 14.5 Å². The van der Waals surface area contributed by atoms with Gasteiger partial charge in [-0.05, 0) is 64.8 Å². The molecule has 0 saturated carbocycles. The molecule has 0 spiro atoms. The van der Waals surface area contributed by atoms with Gasteiger partial charge in [0.2, 0.25) is 5.91 Å². The smallest absolute Gasteiger partial charge is 0.256 e. The summed E-state index contributed by atoms with van der Waals surface area (Å²) in [5.41, 5.74) is 3.03. The zero-order valence-corrected chi connectivity index (χ0v) is 19.3. The van der Waals surface area contributed by atoms with Crippen LogP contribution in [0.1, 0.15) is 28.2 Å². The van der Waals surface area contributed by atoms with Gasteiger partial charge in [-0.1, -0.05) is 36.4 Å². The number of carbonyl (C=O) groups excluding carboxylic acids is 2. The van der Waals surface area contributed by atoms with E-state index in [1.54, 1.807) is 22.7 Å². The van der Waals surface area contributed by atoms with Crippen molar-refractivity contribution in [2.24, 2.45) is 0 Å². The number of benzene rings is 3. The average molecular weight is 497 g/mol. The summed E-state index contributed by atoms with van der Waals surface area (Å²) in [4.78, 5) is 27.0. The molecule has 0 bridgehead atoms.